The second-order valence-electron chi connectivity index (χ2n) is 4.79. The number of rotatable bonds is 2. The van der Waals surface area contributed by atoms with Gasteiger partial charge in [0.05, 0.1) is 0 Å². The van der Waals surface area contributed by atoms with Gasteiger partial charge >= 0.3 is 0 Å². The molecule has 1 aromatic carbocycles. The Balaban J connectivity index is 2.34. The predicted octanol–water partition coefficient (Wildman–Crippen LogP) is 3.01. The van der Waals surface area contributed by atoms with Crippen molar-refractivity contribution in [1.82, 2.24) is 0 Å². The molecule has 1 heterocycles. The van der Waals surface area contributed by atoms with Gasteiger partial charge in [0.1, 0.15) is 4.99 Å². The van der Waals surface area contributed by atoms with Crippen molar-refractivity contribution < 1.29 is 0 Å². The lowest BCUT2D eigenvalue weighted by molar-refractivity contribution is 0.726. The Hall–Kier alpha value is -1.09. The van der Waals surface area contributed by atoms with Crippen LogP contribution in [-0.2, 0) is 0 Å². The number of nitrogens with zero attached hydrogens (tertiary/aromatic N) is 1. The van der Waals surface area contributed by atoms with Crippen LogP contribution in [0.4, 0.5) is 5.69 Å². The summed E-state index contributed by atoms with van der Waals surface area (Å²) in [6.45, 7) is 4.36. The van der Waals surface area contributed by atoms with E-state index in [2.05, 4.69) is 30.0 Å². The first kappa shape index (κ1) is 12.4. The van der Waals surface area contributed by atoms with Crippen LogP contribution >= 0.6 is 12.2 Å². The lowest BCUT2D eigenvalue weighted by Crippen LogP contribution is -2.27. The molecule has 0 spiro atoms. The first-order valence-electron chi connectivity index (χ1n) is 6.34. The first-order chi connectivity index (χ1) is 8.18. The molecule has 0 aliphatic carbocycles. The van der Waals surface area contributed by atoms with Crippen LogP contribution in [0.5, 0.6) is 0 Å². The highest BCUT2D eigenvalue weighted by molar-refractivity contribution is 7.80. The van der Waals surface area contributed by atoms with Gasteiger partial charge in [-0.05, 0) is 37.5 Å². The SMILES string of the molecule is Cc1ccc(C(N)=S)c(N2CCCCCC2)c1. The van der Waals surface area contributed by atoms with E-state index in [1.807, 2.05) is 0 Å². The van der Waals surface area contributed by atoms with Crippen molar-refractivity contribution in [3.05, 3.63) is 29.3 Å². The minimum atomic E-state index is 0.504. The molecular weight excluding hydrogens is 228 g/mol. The minimum Gasteiger partial charge on any atom is -0.389 e. The standard InChI is InChI=1S/C14H20N2S/c1-11-6-7-12(14(15)17)13(10-11)16-8-4-2-3-5-9-16/h6-7,10H,2-5,8-9H2,1H3,(H2,15,17). The molecule has 92 valence electrons. The van der Waals surface area contributed by atoms with Crippen molar-refractivity contribution in [3.8, 4) is 0 Å². The number of hydrogen-bond acceptors (Lipinski definition) is 2. The molecule has 17 heavy (non-hydrogen) atoms. The molecule has 2 nitrogen and oxygen atoms in total. The van der Waals surface area contributed by atoms with Gasteiger partial charge in [0.15, 0.2) is 0 Å². The quantitative estimate of drug-likeness (QED) is 0.816. The third-order valence-electron chi connectivity index (χ3n) is 3.37. The second-order valence-corrected chi connectivity index (χ2v) is 5.23. The molecule has 1 fully saturated rings. The number of benzene rings is 1. The molecular formula is C14H20N2S. The summed E-state index contributed by atoms with van der Waals surface area (Å²) in [6.07, 6.45) is 5.21. The van der Waals surface area contributed by atoms with E-state index in [0.29, 0.717) is 4.99 Å². The largest absolute Gasteiger partial charge is 0.389 e. The number of anilines is 1. The Bertz CT molecular complexity index is 407. The Kier molecular flexibility index (Phi) is 4.00. The number of aryl methyl sites for hydroxylation is 1. The van der Waals surface area contributed by atoms with E-state index < -0.39 is 0 Å². The average Bonchev–Trinajstić information content (AvgIpc) is 2.56. The van der Waals surface area contributed by atoms with Crippen LogP contribution in [-0.4, -0.2) is 18.1 Å². The maximum absolute atomic E-state index is 5.82. The Morgan fingerprint density at radius 1 is 1.18 bits per heavy atom. The summed E-state index contributed by atoms with van der Waals surface area (Å²) in [5.74, 6) is 0. The van der Waals surface area contributed by atoms with E-state index in [1.54, 1.807) is 0 Å². The molecule has 0 bridgehead atoms. The van der Waals surface area contributed by atoms with E-state index in [4.69, 9.17) is 18.0 Å². The van der Waals surface area contributed by atoms with Crippen LogP contribution in [0.25, 0.3) is 0 Å². The van der Waals surface area contributed by atoms with E-state index in [-0.39, 0.29) is 0 Å². The van der Waals surface area contributed by atoms with Gasteiger partial charge in [-0.1, -0.05) is 31.1 Å². The number of nitrogens with two attached hydrogens (primary N) is 1. The highest BCUT2D eigenvalue weighted by Gasteiger charge is 2.14. The van der Waals surface area contributed by atoms with E-state index in [1.165, 1.54) is 36.9 Å². The maximum Gasteiger partial charge on any atom is 0.106 e. The molecule has 0 atom stereocenters. The van der Waals surface area contributed by atoms with E-state index in [9.17, 15) is 0 Å². The lowest BCUT2D eigenvalue weighted by atomic mass is 10.1. The molecule has 1 saturated heterocycles. The Labute approximate surface area is 109 Å². The summed E-state index contributed by atoms with van der Waals surface area (Å²) in [5, 5.41) is 0. The van der Waals surface area contributed by atoms with Gasteiger partial charge in [0.25, 0.3) is 0 Å². The smallest absolute Gasteiger partial charge is 0.106 e. The lowest BCUT2D eigenvalue weighted by Gasteiger charge is -2.25. The van der Waals surface area contributed by atoms with Gasteiger partial charge in [-0.2, -0.15) is 0 Å². The van der Waals surface area contributed by atoms with Crippen molar-refractivity contribution in [2.75, 3.05) is 18.0 Å². The molecule has 0 radical (unpaired) electrons. The highest BCUT2D eigenvalue weighted by Crippen LogP contribution is 2.25. The van der Waals surface area contributed by atoms with Gasteiger partial charge in [0, 0.05) is 24.3 Å². The topological polar surface area (TPSA) is 29.3 Å². The molecule has 0 saturated carbocycles. The zero-order valence-electron chi connectivity index (χ0n) is 10.4. The second kappa shape index (κ2) is 5.50. The highest BCUT2D eigenvalue weighted by atomic mass is 32.1. The summed E-state index contributed by atoms with van der Waals surface area (Å²) < 4.78 is 0. The summed E-state index contributed by atoms with van der Waals surface area (Å²) in [7, 11) is 0. The Morgan fingerprint density at radius 2 is 1.82 bits per heavy atom. The molecule has 1 aliphatic rings. The van der Waals surface area contributed by atoms with Gasteiger partial charge in [-0.15, -0.1) is 0 Å². The van der Waals surface area contributed by atoms with Crippen molar-refractivity contribution in [2.24, 2.45) is 5.73 Å². The van der Waals surface area contributed by atoms with Crippen molar-refractivity contribution >= 4 is 22.9 Å². The third kappa shape index (κ3) is 2.97. The maximum atomic E-state index is 5.82. The van der Waals surface area contributed by atoms with Crippen LogP contribution < -0.4 is 10.6 Å². The van der Waals surface area contributed by atoms with E-state index >= 15 is 0 Å². The fourth-order valence-corrected chi connectivity index (χ4v) is 2.60. The van der Waals surface area contributed by atoms with E-state index in [0.717, 1.165) is 18.7 Å². The molecule has 0 aromatic heterocycles. The molecule has 3 heteroatoms. The van der Waals surface area contributed by atoms with Crippen molar-refractivity contribution in [1.29, 1.82) is 0 Å². The zero-order chi connectivity index (χ0) is 12.3. The van der Waals surface area contributed by atoms with Crippen molar-refractivity contribution in [3.63, 3.8) is 0 Å². The molecule has 1 aromatic rings. The fourth-order valence-electron chi connectivity index (χ4n) is 2.42. The normalized spacial score (nSPS) is 16.6. The molecule has 1 aliphatic heterocycles. The van der Waals surface area contributed by atoms with Crippen LogP contribution in [0.2, 0.25) is 0 Å². The molecule has 2 rings (SSSR count). The predicted molar refractivity (Wildman–Crippen MR) is 77.7 cm³/mol. The Morgan fingerprint density at radius 3 is 2.41 bits per heavy atom. The molecule has 2 N–H and O–H groups in total. The molecule has 0 unspecified atom stereocenters. The third-order valence-corrected chi connectivity index (χ3v) is 3.59. The molecule has 0 amide bonds. The van der Waals surface area contributed by atoms with Gasteiger partial charge in [-0.25, -0.2) is 0 Å². The summed E-state index contributed by atoms with van der Waals surface area (Å²) in [4.78, 5) is 2.94. The zero-order valence-corrected chi connectivity index (χ0v) is 11.2. The monoisotopic (exact) mass is 248 g/mol. The van der Waals surface area contributed by atoms with Gasteiger partial charge in [-0.3, -0.25) is 0 Å². The minimum absolute atomic E-state index is 0.504. The average molecular weight is 248 g/mol. The number of thiocarbonyl (C=S) groups is 1. The van der Waals surface area contributed by atoms with Crippen LogP contribution in [0, 0.1) is 6.92 Å². The van der Waals surface area contributed by atoms with Crippen LogP contribution in [0.3, 0.4) is 0 Å². The van der Waals surface area contributed by atoms with Gasteiger partial charge in [0.2, 0.25) is 0 Å². The number of hydrogen-bond donors (Lipinski definition) is 1. The van der Waals surface area contributed by atoms with Crippen LogP contribution in [0.1, 0.15) is 36.8 Å². The van der Waals surface area contributed by atoms with Gasteiger partial charge < -0.3 is 10.6 Å². The summed E-state index contributed by atoms with van der Waals surface area (Å²) in [5.41, 5.74) is 9.33. The fraction of sp³-hybridized carbons (Fsp3) is 0.500. The summed E-state index contributed by atoms with van der Waals surface area (Å²) in [6, 6.07) is 6.34. The van der Waals surface area contributed by atoms with Crippen LogP contribution in [0.15, 0.2) is 18.2 Å². The van der Waals surface area contributed by atoms with Crippen molar-refractivity contribution in [2.45, 2.75) is 32.6 Å². The first-order valence-corrected chi connectivity index (χ1v) is 6.75. The summed E-state index contributed by atoms with van der Waals surface area (Å²) >= 11 is 5.15.